The minimum Gasteiger partial charge on any atom is -0.494 e. The smallest absolute Gasteiger partial charge is 0.387 e. The summed E-state index contributed by atoms with van der Waals surface area (Å²) < 4.78 is 36.5. The molecule has 35 heavy (non-hydrogen) atoms. The highest BCUT2D eigenvalue weighted by molar-refractivity contribution is 7.07. The number of ketones is 1. The van der Waals surface area contributed by atoms with E-state index in [9.17, 15) is 23.6 Å². The molecule has 0 atom stereocenters. The van der Waals surface area contributed by atoms with E-state index in [4.69, 9.17) is 4.74 Å². The monoisotopic (exact) mass is 498 g/mol. The molecule has 2 aromatic carbocycles. The molecular formula is C26H24F2N2O4S. The van der Waals surface area contributed by atoms with Crippen LogP contribution in [-0.4, -0.2) is 23.6 Å². The second kappa shape index (κ2) is 10.7. The van der Waals surface area contributed by atoms with Gasteiger partial charge in [-0.2, -0.15) is 14.0 Å². The number of nitrogens with zero attached hydrogens (tertiary/aromatic N) is 2. The van der Waals surface area contributed by atoms with Crippen LogP contribution in [-0.2, 0) is 4.79 Å². The quantitative estimate of drug-likeness (QED) is 0.492. The number of thiazole rings is 1. The first-order chi connectivity index (χ1) is 16.5. The Bertz CT molecular complexity index is 1430. The Labute approximate surface area is 205 Å². The van der Waals surface area contributed by atoms with Gasteiger partial charge in [0, 0.05) is 5.41 Å². The number of nitriles is 1. The SMILES string of the molecule is CCOc1ccc(-n2c(=C(C#N)C(=O)C(C)(C)C)sc(=Cc3ccc(OC(F)F)cc3)c2=O)cc1. The van der Waals surface area contributed by atoms with Gasteiger partial charge in [0.1, 0.15) is 27.8 Å². The molecule has 9 heteroatoms. The molecule has 0 spiro atoms. The van der Waals surface area contributed by atoms with Gasteiger partial charge < -0.3 is 9.47 Å². The van der Waals surface area contributed by atoms with E-state index in [0.717, 1.165) is 11.3 Å². The molecule has 0 saturated carbocycles. The molecule has 0 unspecified atom stereocenters. The third-order valence-corrected chi connectivity index (χ3v) is 5.96. The van der Waals surface area contributed by atoms with Crippen molar-refractivity contribution < 1.29 is 23.0 Å². The highest BCUT2D eigenvalue weighted by Crippen LogP contribution is 2.20. The van der Waals surface area contributed by atoms with Crippen LogP contribution < -0.4 is 24.2 Å². The maximum atomic E-state index is 13.5. The van der Waals surface area contributed by atoms with Crippen LogP contribution in [0.4, 0.5) is 8.78 Å². The maximum absolute atomic E-state index is 13.5. The second-order valence-electron chi connectivity index (χ2n) is 8.50. The zero-order valence-electron chi connectivity index (χ0n) is 19.7. The summed E-state index contributed by atoms with van der Waals surface area (Å²) in [7, 11) is 0. The lowest BCUT2D eigenvalue weighted by molar-refractivity contribution is -0.120. The molecule has 0 amide bonds. The summed E-state index contributed by atoms with van der Waals surface area (Å²) in [5.74, 6) is 0.224. The zero-order valence-corrected chi connectivity index (χ0v) is 20.5. The summed E-state index contributed by atoms with van der Waals surface area (Å²) in [5, 5.41) is 9.87. The highest BCUT2D eigenvalue weighted by Gasteiger charge is 2.27. The predicted molar refractivity (Wildman–Crippen MR) is 130 cm³/mol. The van der Waals surface area contributed by atoms with Crippen molar-refractivity contribution in [2.24, 2.45) is 5.41 Å². The third kappa shape index (κ3) is 6.03. The van der Waals surface area contributed by atoms with E-state index >= 15 is 0 Å². The first-order valence-electron chi connectivity index (χ1n) is 10.8. The summed E-state index contributed by atoms with van der Waals surface area (Å²) in [6.07, 6.45) is 1.57. The van der Waals surface area contributed by atoms with Crippen LogP contribution in [0.1, 0.15) is 33.3 Å². The number of carbonyl (C=O) groups is 1. The topological polar surface area (TPSA) is 81.3 Å². The molecule has 0 saturated heterocycles. The molecule has 182 valence electrons. The van der Waals surface area contributed by atoms with Gasteiger partial charge in [-0.1, -0.05) is 32.9 Å². The molecule has 1 heterocycles. The number of alkyl halides is 2. The Morgan fingerprint density at radius 3 is 2.23 bits per heavy atom. The predicted octanol–water partition coefficient (Wildman–Crippen LogP) is 4.02. The van der Waals surface area contributed by atoms with Gasteiger partial charge in [0.25, 0.3) is 5.56 Å². The lowest BCUT2D eigenvalue weighted by Gasteiger charge is -2.15. The number of Topliss-reactive ketones (excluding diaryl/α,β-unsaturated/α-hetero) is 1. The van der Waals surface area contributed by atoms with Crippen molar-refractivity contribution >= 4 is 28.8 Å². The molecule has 0 N–H and O–H groups in total. The molecule has 1 aromatic heterocycles. The molecule has 0 aliphatic heterocycles. The Balaban J connectivity index is 2.27. The number of hydrogen-bond acceptors (Lipinski definition) is 6. The number of rotatable bonds is 7. The average molecular weight is 499 g/mol. The van der Waals surface area contributed by atoms with Crippen molar-refractivity contribution in [1.29, 1.82) is 5.26 Å². The lowest BCUT2D eigenvalue weighted by Crippen LogP contribution is -2.33. The van der Waals surface area contributed by atoms with Crippen LogP contribution in [0.25, 0.3) is 17.3 Å². The summed E-state index contributed by atoms with van der Waals surface area (Å²) in [5.41, 5.74) is -0.333. The van der Waals surface area contributed by atoms with Gasteiger partial charge in [0.15, 0.2) is 5.78 Å². The fraction of sp³-hybridized carbons (Fsp3) is 0.269. The van der Waals surface area contributed by atoms with Crippen LogP contribution in [0.2, 0.25) is 0 Å². The third-order valence-electron chi connectivity index (χ3n) is 4.87. The first kappa shape index (κ1) is 25.8. The van der Waals surface area contributed by atoms with Crippen LogP contribution in [0.5, 0.6) is 11.5 Å². The Kier molecular flexibility index (Phi) is 7.87. The Morgan fingerprint density at radius 1 is 1.11 bits per heavy atom. The molecule has 6 nitrogen and oxygen atoms in total. The van der Waals surface area contributed by atoms with Gasteiger partial charge in [0.2, 0.25) is 0 Å². The number of carbonyl (C=O) groups excluding carboxylic acids is 1. The van der Waals surface area contributed by atoms with Gasteiger partial charge in [-0.15, -0.1) is 11.3 Å². The molecule has 0 bridgehead atoms. The van der Waals surface area contributed by atoms with Crippen molar-refractivity contribution in [1.82, 2.24) is 4.57 Å². The average Bonchev–Trinajstić information content (AvgIpc) is 3.11. The number of ether oxygens (including phenoxy) is 2. The van der Waals surface area contributed by atoms with Gasteiger partial charge in [0.05, 0.1) is 16.8 Å². The van der Waals surface area contributed by atoms with E-state index in [0.29, 0.717) is 23.6 Å². The van der Waals surface area contributed by atoms with E-state index < -0.39 is 17.6 Å². The summed E-state index contributed by atoms with van der Waals surface area (Å²) >= 11 is 1.01. The van der Waals surface area contributed by atoms with Crippen molar-refractivity contribution in [2.75, 3.05) is 6.61 Å². The second-order valence-corrected chi connectivity index (χ2v) is 9.53. The fourth-order valence-electron chi connectivity index (χ4n) is 3.21. The number of aromatic nitrogens is 1. The van der Waals surface area contributed by atoms with Crippen LogP contribution in [0.15, 0.2) is 53.3 Å². The maximum Gasteiger partial charge on any atom is 0.387 e. The molecule has 0 radical (unpaired) electrons. The molecule has 3 rings (SSSR count). The van der Waals surface area contributed by atoms with Crippen LogP contribution in [0.3, 0.4) is 0 Å². The first-order valence-corrected chi connectivity index (χ1v) is 11.6. The van der Waals surface area contributed by atoms with E-state index in [1.165, 1.54) is 28.8 Å². The minimum atomic E-state index is -2.94. The summed E-state index contributed by atoms with van der Waals surface area (Å²) in [6, 6.07) is 14.6. The van der Waals surface area contributed by atoms with Crippen molar-refractivity contribution in [3.8, 4) is 23.3 Å². The van der Waals surface area contributed by atoms with Gasteiger partial charge in [-0.05, 0) is 55.0 Å². The number of benzene rings is 2. The lowest BCUT2D eigenvalue weighted by atomic mass is 9.87. The number of hydrogen-bond donors (Lipinski definition) is 0. The van der Waals surface area contributed by atoms with Crippen molar-refractivity contribution in [2.45, 2.75) is 34.3 Å². The summed E-state index contributed by atoms with van der Waals surface area (Å²) in [4.78, 5) is 26.5. The molecule has 0 fully saturated rings. The summed E-state index contributed by atoms with van der Waals surface area (Å²) in [6.45, 7) is 4.51. The normalized spacial score (nSPS) is 12.9. The van der Waals surface area contributed by atoms with Crippen LogP contribution in [0, 0.1) is 16.7 Å². The number of halogens is 2. The van der Waals surface area contributed by atoms with Gasteiger partial charge in [-0.3, -0.25) is 14.2 Å². The minimum absolute atomic E-state index is 0.00769. The van der Waals surface area contributed by atoms with E-state index in [2.05, 4.69) is 4.74 Å². The van der Waals surface area contributed by atoms with Crippen molar-refractivity contribution in [3.05, 3.63) is 73.6 Å². The molecular weight excluding hydrogens is 474 g/mol. The molecule has 0 aliphatic rings. The molecule has 3 aromatic rings. The largest absolute Gasteiger partial charge is 0.494 e. The van der Waals surface area contributed by atoms with E-state index in [-0.39, 0.29) is 26.3 Å². The molecule has 0 aliphatic carbocycles. The van der Waals surface area contributed by atoms with Crippen molar-refractivity contribution in [3.63, 3.8) is 0 Å². The highest BCUT2D eigenvalue weighted by atomic mass is 32.1. The fourth-order valence-corrected chi connectivity index (χ4v) is 4.31. The van der Waals surface area contributed by atoms with E-state index in [1.807, 2.05) is 13.0 Å². The van der Waals surface area contributed by atoms with E-state index in [1.54, 1.807) is 51.1 Å². The standard InChI is InChI=1S/C26H24F2N2O4S/c1-5-33-18-12-8-17(9-13-18)30-23(32)21(14-16-6-10-19(11-7-16)34-25(27)28)35-24(30)20(15-29)22(31)26(2,3)4/h6-14,25H,5H2,1-4H3. The zero-order chi connectivity index (χ0) is 25.8. The van der Waals surface area contributed by atoms with Gasteiger partial charge in [-0.25, -0.2) is 0 Å². The Morgan fingerprint density at radius 2 is 1.71 bits per heavy atom. The van der Waals surface area contributed by atoms with Crippen LogP contribution >= 0.6 is 11.3 Å². The Hall–Kier alpha value is -3.77. The van der Waals surface area contributed by atoms with Gasteiger partial charge >= 0.3 is 6.61 Å².